The summed E-state index contributed by atoms with van der Waals surface area (Å²) in [6.45, 7) is 0.575. The second-order valence-corrected chi connectivity index (χ2v) is 6.75. The zero-order valence-electron chi connectivity index (χ0n) is 14.8. The van der Waals surface area contributed by atoms with Gasteiger partial charge in [0.15, 0.2) is 6.19 Å². The van der Waals surface area contributed by atoms with Crippen LogP contribution in [0.4, 0.5) is 11.4 Å². The summed E-state index contributed by atoms with van der Waals surface area (Å²) in [6.07, 6.45) is 2.62. The van der Waals surface area contributed by atoms with Crippen molar-refractivity contribution >= 4 is 22.7 Å². The summed E-state index contributed by atoms with van der Waals surface area (Å²) in [4.78, 5) is 1.08. The molecule has 0 aliphatic carbocycles. The Morgan fingerprint density at radius 1 is 0.893 bits per heavy atom. The number of nitriles is 3. The summed E-state index contributed by atoms with van der Waals surface area (Å²) in [6, 6.07) is 21.2. The molecule has 28 heavy (non-hydrogen) atoms. The number of rotatable bonds is 6. The molecule has 0 saturated carbocycles. The molecule has 0 aliphatic rings. The van der Waals surface area contributed by atoms with Crippen molar-refractivity contribution in [1.82, 2.24) is 5.32 Å². The van der Waals surface area contributed by atoms with Crippen molar-refractivity contribution in [2.24, 2.45) is 10.2 Å². The van der Waals surface area contributed by atoms with Gasteiger partial charge in [-0.15, -0.1) is 16.5 Å². The molecule has 0 amide bonds. The molecule has 0 bridgehead atoms. The molecule has 3 rings (SSSR count). The molecule has 0 aliphatic heterocycles. The van der Waals surface area contributed by atoms with Crippen molar-refractivity contribution in [2.45, 2.75) is 6.42 Å². The highest BCUT2D eigenvalue weighted by molar-refractivity contribution is 7.16. The van der Waals surface area contributed by atoms with Gasteiger partial charge in [-0.05, 0) is 29.7 Å². The van der Waals surface area contributed by atoms with Gasteiger partial charge in [0.1, 0.15) is 22.7 Å². The molecule has 1 N–H and O–H groups in total. The summed E-state index contributed by atoms with van der Waals surface area (Å²) in [5.41, 5.74) is 3.22. The summed E-state index contributed by atoms with van der Waals surface area (Å²) < 4.78 is 0. The molecule has 1 heterocycles. The van der Waals surface area contributed by atoms with E-state index in [1.54, 1.807) is 0 Å². The minimum absolute atomic E-state index is 0.302. The van der Waals surface area contributed by atoms with Gasteiger partial charge in [0.2, 0.25) is 0 Å². The fourth-order valence-corrected chi connectivity index (χ4v) is 3.58. The largest absolute Gasteiger partial charge is 0.324 e. The Balaban J connectivity index is 1.88. The van der Waals surface area contributed by atoms with E-state index in [0.29, 0.717) is 33.2 Å². The van der Waals surface area contributed by atoms with Gasteiger partial charge in [-0.2, -0.15) is 20.9 Å². The van der Waals surface area contributed by atoms with Gasteiger partial charge < -0.3 is 5.32 Å². The third-order valence-corrected chi connectivity index (χ3v) is 5.08. The first-order chi connectivity index (χ1) is 13.8. The van der Waals surface area contributed by atoms with Crippen LogP contribution in [0.25, 0.3) is 10.4 Å². The molecule has 134 valence electrons. The van der Waals surface area contributed by atoms with E-state index in [9.17, 15) is 10.5 Å². The minimum atomic E-state index is 0.302. The lowest BCUT2D eigenvalue weighted by Gasteiger charge is -2.00. The maximum Gasteiger partial charge on any atom is 0.176 e. The number of hydrogen-bond donors (Lipinski definition) is 1. The zero-order valence-corrected chi connectivity index (χ0v) is 15.6. The molecule has 7 heteroatoms. The Morgan fingerprint density at radius 2 is 1.64 bits per heavy atom. The quantitative estimate of drug-likeness (QED) is 0.274. The molecule has 0 saturated heterocycles. The van der Waals surface area contributed by atoms with Gasteiger partial charge >= 0.3 is 0 Å². The third kappa shape index (κ3) is 4.22. The molecular formula is C21H14N6S. The standard InChI is InChI=1S/C21H14N6S/c22-12-18-20(19(13-23)28-21(18)16-4-2-1-3-5-16)27-26-17-8-6-15(7-9-17)10-11-25-14-24/h1-9,25H,10-11H2. The van der Waals surface area contributed by atoms with Crippen LogP contribution in [0.5, 0.6) is 0 Å². The second-order valence-electron chi connectivity index (χ2n) is 5.73. The molecule has 0 radical (unpaired) electrons. The van der Waals surface area contributed by atoms with Crippen molar-refractivity contribution in [1.29, 1.82) is 15.8 Å². The predicted molar refractivity (Wildman–Crippen MR) is 107 cm³/mol. The maximum atomic E-state index is 9.62. The van der Waals surface area contributed by atoms with E-state index in [0.717, 1.165) is 17.5 Å². The van der Waals surface area contributed by atoms with E-state index >= 15 is 0 Å². The summed E-state index contributed by atoms with van der Waals surface area (Å²) >= 11 is 1.24. The molecule has 0 unspecified atom stereocenters. The number of thiophene rings is 1. The smallest absolute Gasteiger partial charge is 0.176 e. The summed E-state index contributed by atoms with van der Waals surface area (Å²) in [5.74, 6) is 0. The van der Waals surface area contributed by atoms with E-state index in [-0.39, 0.29) is 0 Å². The van der Waals surface area contributed by atoms with Crippen molar-refractivity contribution in [2.75, 3.05) is 6.54 Å². The molecule has 2 aromatic carbocycles. The van der Waals surface area contributed by atoms with Gasteiger partial charge in [0.05, 0.1) is 16.1 Å². The van der Waals surface area contributed by atoms with Crippen LogP contribution in [0.1, 0.15) is 16.0 Å². The van der Waals surface area contributed by atoms with E-state index in [4.69, 9.17) is 5.26 Å². The third-order valence-electron chi connectivity index (χ3n) is 3.95. The van der Waals surface area contributed by atoms with Gasteiger partial charge in [-0.25, -0.2) is 0 Å². The van der Waals surface area contributed by atoms with E-state index in [2.05, 4.69) is 27.7 Å². The number of hydrogen-bond acceptors (Lipinski definition) is 7. The Kier molecular flexibility index (Phi) is 6.10. The SMILES string of the molecule is N#CNCCc1ccc(N=Nc2c(C#N)sc(-c3ccccc3)c2C#N)cc1. The van der Waals surface area contributed by atoms with Crippen LogP contribution in [0, 0.1) is 34.1 Å². The molecule has 1 aromatic heterocycles. The Labute approximate surface area is 166 Å². The highest BCUT2D eigenvalue weighted by Crippen LogP contribution is 2.41. The predicted octanol–water partition coefficient (Wildman–Crippen LogP) is 5.19. The van der Waals surface area contributed by atoms with Crippen LogP contribution in [-0.2, 0) is 6.42 Å². The second kappa shape index (κ2) is 9.09. The number of nitrogens with one attached hydrogen (secondary N) is 1. The van der Waals surface area contributed by atoms with Crippen molar-refractivity contribution in [3.8, 4) is 28.8 Å². The monoisotopic (exact) mass is 382 g/mol. The van der Waals surface area contributed by atoms with Crippen LogP contribution < -0.4 is 5.32 Å². The van der Waals surface area contributed by atoms with Gasteiger partial charge in [-0.3, -0.25) is 0 Å². The highest BCUT2D eigenvalue weighted by atomic mass is 32.1. The van der Waals surface area contributed by atoms with Gasteiger partial charge in [0, 0.05) is 6.54 Å². The topological polar surface area (TPSA) is 108 Å². The highest BCUT2D eigenvalue weighted by Gasteiger charge is 2.19. The molecule has 3 aromatic rings. The van der Waals surface area contributed by atoms with Crippen LogP contribution in [0.3, 0.4) is 0 Å². The van der Waals surface area contributed by atoms with E-state index < -0.39 is 0 Å². The lowest BCUT2D eigenvalue weighted by atomic mass is 10.1. The molecule has 0 atom stereocenters. The number of azo groups is 1. The van der Waals surface area contributed by atoms with Crippen molar-refractivity contribution in [3.05, 3.63) is 70.6 Å². The maximum absolute atomic E-state index is 9.62. The number of benzene rings is 2. The minimum Gasteiger partial charge on any atom is -0.324 e. The van der Waals surface area contributed by atoms with Crippen molar-refractivity contribution in [3.63, 3.8) is 0 Å². The van der Waals surface area contributed by atoms with E-state index in [1.807, 2.05) is 60.8 Å². The Bertz CT molecular complexity index is 1110. The normalized spacial score (nSPS) is 10.2. The number of nitrogens with zero attached hydrogens (tertiary/aromatic N) is 5. The zero-order chi connectivity index (χ0) is 19.8. The lowest BCUT2D eigenvalue weighted by Crippen LogP contribution is -2.09. The molecule has 0 fully saturated rings. The van der Waals surface area contributed by atoms with Gasteiger partial charge in [0.25, 0.3) is 0 Å². The van der Waals surface area contributed by atoms with Crippen molar-refractivity contribution < 1.29 is 0 Å². The fourth-order valence-electron chi connectivity index (χ4n) is 2.59. The first-order valence-electron chi connectivity index (χ1n) is 8.42. The summed E-state index contributed by atoms with van der Waals surface area (Å²) in [5, 5.41) is 38.6. The summed E-state index contributed by atoms with van der Waals surface area (Å²) in [7, 11) is 0. The Hall–Kier alpha value is -3.99. The lowest BCUT2D eigenvalue weighted by molar-refractivity contribution is 0.844. The molecule has 0 spiro atoms. The van der Waals surface area contributed by atoms with Gasteiger partial charge in [-0.1, -0.05) is 42.5 Å². The molecule has 6 nitrogen and oxygen atoms in total. The molecular weight excluding hydrogens is 368 g/mol. The van der Waals surface area contributed by atoms with Crippen LogP contribution in [-0.4, -0.2) is 6.54 Å². The van der Waals surface area contributed by atoms with Crippen LogP contribution in [0.15, 0.2) is 64.8 Å². The van der Waals surface area contributed by atoms with E-state index in [1.165, 1.54) is 11.3 Å². The average molecular weight is 382 g/mol. The van der Waals surface area contributed by atoms with Crippen LogP contribution in [0.2, 0.25) is 0 Å². The van der Waals surface area contributed by atoms with Crippen LogP contribution >= 0.6 is 11.3 Å². The fraction of sp³-hybridized carbons (Fsp3) is 0.0952. The average Bonchev–Trinajstić information content (AvgIpc) is 3.11. The Morgan fingerprint density at radius 3 is 2.29 bits per heavy atom. The first kappa shape index (κ1) is 18.8. The first-order valence-corrected chi connectivity index (χ1v) is 9.23.